The van der Waals surface area contributed by atoms with E-state index in [0.29, 0.717) is 6.54 Å². The summed E-state index contributed by atoms with van der Waals surface area (Å²) in [6.45, 7) is 1.83. The zero-order valence-corrected chi connectivity index (χ0v) is 7.56. The number of nitrogens with one attached hydrogen (secondary N) is 1. The Kier molecular flexibility index (Phi) is 2.69. The summed E-state index contributed by atoms with van der Waals surface area (Å²) in [5.74, 6) is -0.530. The Bertz CT molecular complexity index is 271. The lowest BCUT2D eigenvalue weighted by atomic mass is 10.6. The standard InChI is InChI=1S/C6H11NO4S/c1-5(8)11-6-4-7-2-3-12(6,9)10/h6-7H,2-4H2,1H3. The smallest absolute Gasteiger partial charge is 0.303 e. The fourth-order valence-corrected chi connectivity index (χ4v) is 2.34. The van der Waals surface area contributed by atoms with Crippen molar-refractivity contribution in [2.24, 2.45) is 0 Å². The van der Waals surface area contributed by atoms with Crippen LogP contribution in [0.4, 0.5) is 0 Å². The van der Waals surface area contributed by atoms with Crippen LogP contribution in [0.15, 0.2) is 0 Å². The molecule has 0 aliphatic carbocycles. The average molecular weight is 193 g/mol. The molecule has 5 nitrogen and oxygen atoms in total. The van der Waals surface area contributed by atoms with Gasteiger partial charge in [0.15, 0.2) is 9.84 Å². The Morgan fingerprint density at radius 2 is 2.25 bits per heavy atom. The van der Waals surface area contributed by atoms with Gasteiger partial charge in [-0.15, -0.1) is 0 Å². The first-order valence-electron chi connectivity index (χ1n) is 3.62. The Balaban J connectivity index is 2.67. The topological polar surface area (TPSA) is 72.5 Å². The van der Waals surface area contributed by atoms with E-state index in [0.717, 1.165) is 0 Å². The van der Waals surface area contributed by atoms with Gasteiger partial charge in [0.2, 0.25) is 5.44 Å². The van der Waals surface area contributed by atoms with E-state index in [9.17, 15) is 13.2 Å². The second-order valence-corrected chi connectivity index (χ2v) is 4.87. The molecule has 0 saturated carbocycles. The van der Waals surface area contributed by atoms with E-state index >= 15 is 0 Å². The van der Waals surface area contributed by atoms with Crippen molar-refractivity contribution in [1.82, 2.24) is 5.32 Å². The summed E-state index contributed by atoms with van der Waals surface area (Å²) in [7, 11) is -3.22. The van der Waals surface area contributed by atoms with Gasteiger partial charge >= 0.3 is 5.97 Å². The van der Waals surface area contributed by atoms with E-state index in [1.165, 1.54) is 6.92 Å². The molecule has 0 amide bonds. The predicted molar refractivity (Wildman–Crippen MR) is 42.2 cm³/mol. The van der Waals surface area contributed by atoms with Crippen LogP contribution in [-0.2, 0) is 19.4 Å². The first-order valence-corrected chi connectivity index (χ1v) is 5.33. The van der Waals surface area contributed by atoms with Crippen LogP contribution in [0, 0.1) is 0 Å². The molecule has 0 aromatic heterocycles. The van der Waals surface area contributed by atoms with Crippen molar-refractivity contribution >= 4 is 15.8 Å². The molecule has 1 fully saturated rings. The van der Waals surface area contributed by atoms with Crippen molar-refractivity contribution in [3.05, 3.63) is 0 Å². The molecular weight excluding hydrogens is 182 g/mol. The highest BCUT2D eigenvalue weighted by molar-refractivity contribution is 7.92. The molecule has 0 aromatic rings. The van der Waals surface area contributed by atoms with E-state index in [-0.39, 0.29) is 12.3 Å². The Hall–Kier alpha value is -0.620. The molecule has 0 bridgehead atoms. The van der Waals surface area contributed by atoms with Crippen molar-refractivity contribution in [3.8, 4) is 0 Å². The van der Waals surface area contributed by atoms with Crippen molar-refractivity contribution in [2.45, 2.75) is 12.4 Å². The first-order chi connectivity index (χ1) is 5.52. The molecule has 12 heavy (non-hydrogen) atoms. The molecule has 1 unspecified atom stereocenters. The maximum atomic E-state index is 11.2. The van der Waals surface area contributed by atoms with E-state index in [1.54, 1.807) is 0 Å². The molecule has 0 radical (unpaired) electrons. The zero-order valence-electron chi connectivity index (χ0n) is 6.74. The summed E-state index contributed by atoms with van der Waals surface area (Å²) in [5, 5.41) is 2.84. The highest BCUT2D eigenvalue weighted by atomic mass is 32.2. The van der Waals surface area contributed by atoms with E-state index in [4.69, 9.17) is 0 Å². The van der Waals surface area contributed by atoms with Crippen LogP contribution in [0.5, 0.6) is 0 Å². The summed E-state index contributed by atoms with van der Waals surface area (Å²) in [6.07, 6.45) is 0. The summed E-state index contributed by atoms with van der Waals surface area (Å²) in [6, 6.07) is 0. The second-order valence-electron chi connectivity index (χ2n) is 2.61. The fourth-order valence-electron chi connectivity index (χ4n) is 0.993. The normalized spacial score (nSPS) is 27.9. The lowest BCUT2D eigenvalue weighted by Crippen LogP contribution is -2.45. The molecule has 1 rings (SSSR count). The minimum Gasteiger partial charge on any atom is -0.445 e. The third-order valence-electron chi connectivity index (χ3n) is 1.57. The van der Waals surface area contributed by atoms with Crippen LogP contribution >= 0.6 is 0 Å². The third kappa shape index (κ3) is 2.18. The number of rotatable bonds is 1. The van der Waals surface area contributed by atoms with Gasteiger partial charge in [-0.3, -0.25) is 4.79 Å². The van der Waals surface area contributed by atoms with Crippen molar-refractivity contribution in [2.75, 3.05) is 18.8 Å². The van der Waals surface area contributed by atoms with Crippen LogP contribution in [-0.4, -0.2) is 38.7 Å². The van der Waals surface area contributed by atoms with Crippen molar-refractivity contribution in [3.63, 3.8) is 0 Å². The molecular formula is C6H11NO4S. The monoisotopic (exact) mass is 193 g/mol. The molecule has 1 N–H and O–H groups in total. The molecule has 1 aliphatic heterocycles. The molecule has 70 valence electrons. The van der Waals surface area contributed by atoms with Gasteiger partial charge in [0.05, 0.1) is 5.75 Å². The maximum Gasteiger partial charge on any atom is 0.303 e. The largest absolute Gasteiger partial charge is 0.445 e. The number of ether oxygens (including phenoxy) is 1. The number of hydrogen-bond acceptors (Lipinski definition) is 5. The Morgan fingerprint density at radius 1 is 1.58 bits per heavy atom. The Morgan fingerprint density at radius 3 is 2.75 bits per heavy atom. The van der Waals surface area contributed by atoms with Crippen LogP contribution in [0.2, 0.25) is 0 Å². The lowest BCUT2D eigenvalue weighted by Gasteiger charge is -2.22. The molecule has 1 saturated heterocycles. The average Bonchev–Trinajstić information content (AvgIpc) is 1.92. The third-order valence-corrected chi connectivity index (χ3v) is 3.41. The summed E-state index contributed by atoms with van der Waals surface area (Å²) in [4.78, 5) is 10.5. The van der Waals surface area contributed by atoms with E-state index < -0.39 is 21.2 Å². The molecule has 1 heterocycles. The van der Waals surface area contributed by atoms with Gasteiger partial charge in [0.1, 0.15) is 0 Å². The van der Waals surface area contributed by atoms with Crippen LogP contribution in [0.1, 0.15) is 6.92 Å². The quantitative estimate of drug-likeness (QED) is 0.535. The SMILES string of the molecule is CC(=O)OC1CNCCS1(=O)=O. The number of esters is 1. The van der Waals surface area contributed by atoms with Gasteiger partial charge in [0.25, 0.3) is 0 Å². The number of hydrogen-bond donors (Lipinski definition) is 1. The molecule has 1 aliphatic rings. The van der Waals surface area contributed by atoms with Gasteiger partial charge in [0, 0.05) is 20.0 Å². The fraction of sp³-hybridized carbons (Fsp3) is 0.833. The van der Waals surface area contributed by atoms with Crippen LogP contribution < -0.4 is 5.32 Å². The zero-order chi connectivity index (χ0) is 9.19. The molecule has 1 atom stereocenters. The van der Waals surface area contributed by atoms with Gasteiger partial charge in [-0.05, 0) is 0 Å². The Labute approximate surface area is 71.0 Å². The summed E-state index contributed by atoms with van der Waals surface area (Å²) >= 11 is 0. The molecule has 0 spiro atoms. The lowest BCUT2D eigenvalue weighted by molar-refractivity contribution is -0.142. The first kappa shape index (κ1) is 9.47. The van der Waals surface area contributed by atoms with Gasteiger partial charge in [-0.2, -0.15) is 0 Å². The number of carbonyl (C=O) groups excluding carboxylic acids is 1. The van der Waals surface area contributed by atoms with E-state index in [2.05, 4.69) is 10.1 Å². The van der Waals surface area contributed by atoms with Crippen LogP contribution in [0.3, 0.4) is 0 Å². The number of sulfone groups is 1. The maximum absolute atomic E-state index is 11.2. The highest BCUT2D eigenvalue weighted by Gasteiger charge is 2.30. The van der Waals surface area contributed by atoms with Gasteiger partial charge < -0.3 is 10.1 Å². The van der Waals surface area contributed by atoms with Crippen molar-refractivity contribution in [1.29, 1.82) is 0 Å². The minimum absolute atomic E-state index is 0.0327. The number of carbonyl (C=O) groups is 1. The molecule has 0 aromatic carbocycles. The predicted octanol–water partition coefficient (Wildman–Crippen LogP) is -1.11. The highest BCUT2D eigenvalue weighted by Crippen LogP contribution is 2.07. The molecule has 6 heteroatoms. The minimum atomic E-state index is -3.22. The van der Waals surface area contributed by atoms with Crippen LogP contribution in [0.25, 0.3) is 0 Å². The summed E-state index contributed by atoms with van der Waals surface area (Å²) in [5.41, 5.74) is -0.997. The van der Waals surface area contributed by atoms with Gasteiger partial charge in [-0.25, -0.2) is 8.42 Å². The van der Waals surface area contributed by atoms with Gasteiger partial charge in [-0.1, -0.05) is 0 Å². The van der Waals surface area contributed by atoms with E-state index in [1.807, 2.05) is 0 Å². The second kappa shape index (κ2) is 3.40. The summed E-state index contributed by atoms with van der Waals surface area (Å²) < 4.78 is 27.0. The van der Waals surface area contributed by atoms with Crippen molar-refractivity contribution < 1.29 is 17.9 Å².